The number of carbonyl (C=O) groups excluding carboxylic acids is 1. The lowest BCUT2D eigenvalue weighted by Gasteiger charge is -2.13. The van der Waals surface area contributed by atoms with E-state index in [9.17, 15) is 18.0 Å². The maximum atomic E-state index is 12.3. The van der Waals surface area contributed by atoms with Crippen molar-refractivity contribution in [2.24, 2.45) is 0 Å². The first-order valence-electron chi connectivity index (χ1n) is 7.84. The van der Waals surface area contributed by atoms with Crippen molar-refractivity contribution in [2.75, 3.05) is 11.9 Å². The normalized spacial score (nSPS) is 11.4. The highest BCUT2D eigenvalue weighted by molar-refractivity contribution is 7.08. The molecular weight excluding hydrogens is 383 g/mol. The van der Waals surface area contributed by atoms with Gasteiger partial charge in [0.1, 0.15) is 5.75 Å². The van der Waals surface area contributed by atoms with E-state index in [-0.39, 0.29) is 24.3 Å². The summed E-state index contributed by atoms with van der Waals surface area (Å²) in [5.74, 6) is 0.208. The Bertz CT molecular complexity index is 894. The van der Waals surface area contributed by atoms with E-state index >= 15 is 0 Å². The summed E-state index contributed by atoms with van der Waals surface area (Å²) in [6, 6.07) is 7.76. The minimum atomic E-state index is -4.46. The Morgan fingerprint density at radius 3 is 2.78 bits per heavy atom. The molecular formula is C17H14F3N3O3S. The molecule has 0 aliphatic rings. The van der Waals surface area contributed by atoms with E-state index in [2.05, 4.69) is 15.5 Å². The van der Waals surface area contributed by atoms with E-state index in [0.717, 1.165) is 5.56 Å². The van der Waals surface area contributed by atoms with E-state index in [1.165, 1.54) is 29.5 Å². The number of para-hydroxylation sites is 2. The van der Waals surface area contributed by atoms with Gasteiger partial charge in [0.15, 0.2) is 6.61 Å². The van der Waals surface area contributed by atoms with Gasteiger partial charge in [-0.2, -0.15) is 24.5 Å². The quantitative estimate of drug-likeness (QED) is 0.643. The fourth-order valence-electron chi connectivity index (χ4n) is 2.15. The van der Waals surface area contributed by atoms with Gasteiger partial charge in [-0.25, -0.2) is 0 Å². The number of anilines is 1. The van der Waals surface area contributed by atoms with E-state index in [1.54, 1.807) is 6.07 Å². The number of thiophene rings is 1. The van der Waals surface area contributed by atoms with Gasteiger partial charge in [-0.15, -0.1) is 10.2 Å². The van der Waals surface area contributed by atoms with Crippen molar-refractivity contribution in [3.63, 3.8) is 0 Å². The fraction of sp³-hybridized carbons (Fsp3) is 0.235. The van der Waals surface area contributed by atoms with Crippen molar-refractivity contribution in [1.29, 1.82) is 0 Å². The molecule has 0 unspecified atom stereocenters. The summed E-state index contributed by atoms with van der Waals surface area (Å²) in [5, 5.41) is 14.1. The number of rotatable bonds is 7. The third-order valence-corrected chi connectivity index (χ3v) is 4.04. The molecule has 2 aromatic heterocycles. The number of hydrogen-bond donors (Lipinski definition) is 1. The molecule has 6 nitrogen and oxygen atoms in total. The molecule has 0 fully saturated rings. The summed E-state index contributed by atoms with van der Waals surface area (Å²) in [6.07, 6.45) is -4.23. The Morgan fingerprint density at radius 2 is 2.04 bits per heavy atom. The summed E-state index contributed by atoms with van der Waals surface area (Å²) >= 11 is 1.50. The largest absolute Gasteiger partial charge is 0.482 e. The second-order valence-corrected chi connectivity index (χ2v) is 6.24. The minimum absolute atomic E-state index is 0.0267. The molecule has 10 heteroatoms. The number of aryl methyl sites for hydroxylation is 1. The molecule has 0 spiro atoms. The SMILES string of the molecule is O=C(CCc1nnc(-c2ccsc2)o1)Nc1ccccc1OCC(F)(F)F. The lowest BCUT2D eigenvalue weighted by molar-refractivity contribution is -0.153. The molecule has 0 bridgehead atoms. The number of ether oxygens (including phenoxy) is 1. The highest BCUT2D eigenvalue weighted by Crippen LogP contribution is 2.26. The molecule has 0 saturated carbocycles. The van der Waals surface area contributed by atoms with E-state index in [1.807, 2.05) is 16.8 Å². The van der Waals surface area contributed by atoms with Crippen LogP contribution in [0.25, 0.3) is 11.5 Å². The van der Waals surface area contributed by atoms with Crippen molar-refractivity contribution in [2.45, 2.75) is 19.0 Å². The summed E-state index contributed by atoms with van der Waals surface area (Å²) in [4.78, 5) is 12.1. The van der Waals surface area contributed by atoms with Gasteiger partial charge in [0.2, 0.25) is 17.7 Å². The summed E-state index contributed by atoms with van der Waals surface area (Å²) in [5.41, 5.74) is 0.968. The van der Waals surface area contributed by atoms with Crippen LogP contribution < -0.4 is 10.1 Å². The molecule has 1 N–H and O–H groups in total. The van der Waals surface area contributed by atoms with Gasteiger partial charge in [0.05, 0.1) is 5.69 Å². The Morgan fingerprint density at radius 1 is 1.22 bits per heavy atom. The average Bonchev–Trinajstić information content (AvgIpc) is 3.30. The number of hydrogen-bond acceptors (Lipinski definition) is 6. The number of nitrogens with one attached hydrogen (secondary N) is 1. The van der Waals surface area contributed by atoms with Crippen LogP contribution in [0.4, 0.5) is 18.9 Å². The lowest BCUT2D eigenvalue weighted by Crippen LogP contribution is -2.20. The second kappa shape index (κ2) is 8.21. The van der Waals surface area contributed by atoms with Crippen LogP contribution in [0.15, 0.2) is 45.5 Å². The molecule has 27 heavy (non-hydrogen) atoms. The number of aromatic nitrogens is 2. The highest BCUT2D eigenvalue weighted by Gasteiger charge is 2.28. The fourth-order valence-corrected chi connectivity index (χ4v) is 2.78. The third kappa shape index (κ3) is 5.55. The Hall–Kier alpha value is -2.88. The first kappa shape index (κ1) is 18.9. The highest BCUT2D eigenvalue weighted by atomic mass is 32.1. The molecule has 2 heterocycles. The Balaban J connectivity index is 1.55. The molecule has 0 radical (unpaired) electrons. The molecule has 3 aromatic rings. The van der Waals surface area contributed by atoms with Gasteiger partial charge in [-0.05, 0) is 23.6 Å². The van der Waals surface area contributed by atoms with Crippen LogP contribution in [-0.4, -0.2) is 28.9 Å². The smallest absolute Gasteiger partial charge is 0.422 e. The van der Waals surface area contributed by atoms with Crippen molar-refractivity contribution < 1.29 is 27.1 Å². The molecule has 0 aliphatic carbocycles. The molecule has 0 saturated heterocycles. The number of alkyl halides is 3. The molecule has 142 valence electrons. The van der Waals surface area contributed by atoms with Crippen molar-refractivity contribution in [3.8, 4) is 17.2 Å². The lowest BCUT2D eigenvalue weighted by atomic mass is 10.2. The number of halogens is 3. The molecule has 0 aliphatic heterocycles. The molecule has 0 atom stereocenters. The standard InChI is InChI=1S/C17H14F3N3O3S/c18-17(19,20)10-25-13-4-2-1-3-12(13)21-14(24)5-6-15-22-23-16(26-15)11-7-8-27-9-11/h1-4,7-9H,5-6,10H2,(H,21,24). The van der Waals surface area contributed by atoms with Gasteiger partial charge in [0, 0.05) is 23.8 Å². The number of benzene rings is 1. The van der Waals surface area contributed by atoms with Crippen molar-refractivity contribution in [1.82, 2.24) is 10.2 Å². The summed E-state index contributed by atoms with van der Waals surface area (Å²) in [7, 11) is 0. The number of nitrogens with zero attached hydrogens (tertiary/aromatic N) is 2. The van der Waals surface area contributed by atoms with Crippen molar-refractivity contribution >= 4 is 22.9 Å². The second-order valence-electron chi connectivity index (χ2n) is 5.46. The predicted molar refractivity (Wildman–Crippen MR) is 92.6 cm³/mol. The first-order valence-corrected chi connectivity index (χ1v) is 8.78. The molecule has 1 amide bonds. The maximum absolute atomic E-state index is 12.3. The number of carbonyl (C=O) groups is 1. The van der Waals surface area contributed by atoms with Crippen LogP contribution in [0.2, 0.25) is 0 Å². The van der Waals surface area contributed by atoms with Crippen LogP contribution in [0, 0.1) is 0 Å². The molecule has 1 aromatic carbocycles. The minimum Gasteiger partial charge on any atom is -0.482 e. The van der Waals surface area contributed by atoms with Crippen molar-refractivity contribution in [3.05, 3.63) is 47.0 Å². The monoisotopic (exact) mass is 397 g/mol. The maximum Gasteiger partial charge on any atom is 0.422 e. The zero-order valence-electron chi connectivity index (χ0n) is 13.8. The molecule has 3 rings (SSSR count). The van der Waals surface area contributed by atoms with Gasteiger partial charge >= 0.3 is 6.18 Å². The summed E-state index contributed by atoms with van der Waals surface area (Å²) in [6.45, 7) is -1.44. The predicted octanol–water partition coefficient (Wildman–Crippen LogP) is 4.31. The zero-order valence-corrected chi connectivity index (χ0v) is 14.6. The Labute approximate surface area is 156 Å². The first-order chi connectivity index (χ1) is 12.9. The van der Waals surface area contributed by atoms with Gasteiger partial charge in [-0.1, -0.05) is 12.1 Å². The third-order valence-electron chi connectivity index (χ3n) is 3.35. The summed E-state index contributed by atoms with van der Waals surface area (Å²) < 4.78 is 47.2. The van der Waals surface area contributed by atoms with Crippen LogP contribution >= 0.6 is 11.3 Å². The van der Waals surface area contributed by atoms with E-state index in [0.29, 0.717) is 11.8 Å². The van der Waals surface area contributed by atoms with E-state index < -0.39 is 18.7 Å². The van der Waals surface area contributed by atoms with Crippen LogP contribution in [0.5, 0.6) is 5.75 Å². The van der Waals surface area contributed by atoms with Crippen LogP contribution in [0.1, 0.15) is 12.3 Å². The Kier molecular flexibility index (Phi) is 5.75. The van der Waals surface area contributed by atoms with Gasteiger partial charge in [-0.3, -0.25) is 4.79 Å². The zero-order chi connectivity index (χ0) is 19.3. The van der Waals surface area contributed by atoms with Gasteiger partial charge < -0.3 is 14.5 Å². The van der Waals surface area contributed by atoms with Gasteiger partial charge in [0.25, 0.3) is 0 Å². The number of amides is 1. The topological polar surface area (TPSA) is 77.2 Å². The van der Waals surface area contributed by atoms with Crippen LogP contribution in [-0.2, 0) is 11.2 Å². The van der Waals surface area contributed by atoms with Crippen LogP contribution in [0.3, 0.4) is 0 Å². The average molecular weight is 397 g/mol. The van der Waals surface area contributed by atoms with E-state index in [4.69, 9.17) is 9.15 Å².